The number of para-hydroxylation sites is 1. The van der Waals surface area contributed by atoms with E-state index in [2.05, 4.69) is 10.3 Å². The first-order chi connectivity index (χ1) is 9.06. The molecule has 102 valence electrons. The van der Waals surface area contributed by atoms with Crippen molar-refractivity contribution >= 4 is 16.9 Å². The third-order valence-corrected chi connectivity index (χ3v) is 2.90. The number of amides is 2. The molecule has 1 aromatic carbocycles. The van der Waals surface area contributed by atoms with Crippen LogP contribution in [0.5, 0.6) is 0 Å². The molecule has 0 saturated carbocycles. The third-order valence-electron chi connectivity index (χ3n) is 2.90. The molecule has 2 rings (SSSR count). The Morgan fingerprint density at radius 1 is 1.47 bits per heavy atom. The number of carbonyl (C=O) groups is 1. The molecule has 0 radical (unpaired) electrons. The Labute approximate surface area is 112 Å². The summed E-state index contributed by atoms with van der Waals surface area (Å²) in [6.45, 7) is 2.41. The van der Waals surface area contributed by atoms with E-state index < -0.39 is 6.10 Å². The molecule has 2 aromatic rings. The second-order valence-electron chi connectivity index (χ2n) is 4.77. The van der Waals surface area contributed by atoms with Crippen LogP contribution in [-0.2, 0) is 6.54 Å². The van der Waals surface area contributed by atoms with Crippen LogP contribution in [0.4, 0.5) is 4.79 Å². The Kier molecular flexibility index (Phi) is 4.06. The number of aliphatic hydroxyl groups excluding tert-OH is 1. The Morgan fingerprint density at radius 3 is 2.89 bits per heavy atom. The van der Waals surface area contributed by atoms with Crippen molar-refractivity contribution in [3.8, 4) is 0 Å². The number of H-pyrrole nitrogens is 1. The van der Waals surface area contributed by atoms with Crippen LogP contribution in [0.1, 0.15) is 12.6 Å². The average molecular weight is 261 g/mol. The lowest BCUT2D eigenvalue weighted by molar-refractivity contribution is 0.143. The van der Waals surface area contributed by atoms with Gasteiger partial charge in [-0.15, -0.1) is 0 Å². The smallest absolute Gasteiger partial charge is 0.317 e. The maximum absolute atomic E-state index is 11.8. The van der Waals surface area contributed by atoms with Gasteiger partial charge in [-0.1, -0.05) is 18.2 Å². The number of nitrogens with one attached hydrogen (secondary N) is 2. The Hall–Kier alpha value is -2.01. The molecule has 0 aliphatic heterocycles. The van der Waals surface area contributed by atoms with Gasteiger partial charge in [0, 0.05) is 24.8 Å². The number of urea groups is 1. The van der Waals surface area contributed by atoms with Crippen molar-refractivity contribution in [2.45, 2.75) is 19.6 Å². The van der Waals surface area contributed by atoms with Crippen molar-refractivity contribution in [2.75, 3.05) is 13.6 Å². The van der Waals surface area contributed by atoms with E-state index in [1.165, 1.54) is 4.90 Å². The molecule has 1 aromatic heterocycles. The van der Waals surface area contributed by atoms with Crippen molar-refractivity contribution in [3.63, 3.8) is 0 Å². The SMILES string of the molecule is CC(O)CN(C)C(=O)NCc1cc2ccccc2[nH]1. The normalized spacial score (nSPS) is 12.4. The van der Waals surface area contributed by atoms with E-state index in [0.717, 1.165) is 16.6 Å². The van der Waals surface area contributed by atoms with Gasteiger partial charge in [0.05, 0.1) is 12.6 Å². The first-order valence-corrected chi connectivity index (χ1v) is 6.30. The predicted octanol–water partition coefficient (Wildman–Crippen LogP) is 1.69. The van der Waals surface area contributed by atoms with Gasteiger partial charge in [-0.2, -0.15) is 0 Å². The lowest BCUT2D eigenvalue weighted by Gasteiger charge is -2.19. The molecule has 3 N–H and O–H groups in total. The largest absolute Gasteiger partial charge is 0.392 e. The number of likely N-dealkylation sites (N-methyl/N-ethyl adjacent to an activating group) is 1. The zero-order valence-electron chi connectivity index (χ0n) is 11.2. The minimum absolute atomic E-state index is 0.195. The van der Waals surface area contributed by atoms with Gasteiger partial charge in [0.2, 0.25) is 0 Å². The lowest BCUT2D eigenvalue weighted by Crippen LogP contribution is -2.40. The van der Waals surface area contributed by atoms with Crippen LogP contribution in [0, 0.1) is 0 Å². The van der Waals surface area contributed by atoms with Gasteiger partial charge in [0.25, 0.3) is 0 Å². The van der Waals surface area contributed by atoms with Crippen LogP contribution in [0.3, 0.4) is 0 Å². The number of benzene rings is 1. The van der Waals surface area contributed by atoms with Crippen LogP contribution < -0.4 is 5.32 Å². The summed E-state index contributed by atoms with van der Waals surface area (Å²) in [5.41, 5.74) is 2.02. The van der Waals surface area contributed by atoms with Gasteiger partial charge >= 0.3 is 6.03 Å². The molecule has 0 bridgehead atoms. The second-order valence-corrected chi connectivity index (χ2v) is 4.77. The van der Waals surface area contributed by atoms with E-state index in [9.17, 15) is 9.90 Å². The molecule has 0 aliphatic carbocycles. The van der Waals surface area contributed by atoms with Gasteiger partial charge in [0.15, 0.2) is 0 Å². The van der Waals surface area contributed by atoms with Crippen molar-refractivity contribution in [2.24, 2.45) is 0 Å². The summed E-state index contributed by atoms with van der Waals surface area (Å²) in [7, 11) is 1.66. The van der Waals surface area contributed by atoms with E-state index in [0.29, 0.717) is 13.1 Å². The molecular formula is C14H19N3O2. The van der Waals surface area contributed by atoms with Crippen LogP contribution in [0.25, 0.3) is 10.9 Å². The van der Waals surface area contributed by atoms with Gasteiger partial charge < -0.3 is 20.3 Å². The van der Waals surface area contributed by atoms with Crippen molar-refractivity contribution < 1.29 is 9.90 Å². The van der Waals surface area contributed by atoms with Crippen LogP contribution in [0.2, 0.25) is 0 Å². The molecule has 2 amide bonds. The maximum Gasteiger partial charge on any atom is 0.317 e. The monoisotopic (exact) mass is 261 g/mol. The number of aromatic nitrogens is 1. The Balaban J connectivity index is 1.93. The predicted molar refractivity (Wildman–Crippen MR) is 74.8 cm³/mol. The fraction of sp³-hybridized carbons (Fsp3) is 0.357. The number of rotatable bonds is 4. The van der Waals surface area contributed by atoms with Gasteiger partial charge in [0.1, 0.15) is 0 Å². The summed E-state index contributed by atoms with van der Waals surface area (Å²) in [5.74, 6) is 0. The summed E-state index contributed by atoms with van der Waals surface area (Å²) >= 11 is 0. The summed E-state index contributed by atoms with van der Waals surface area (Å²) in [4.78, 5) is 16.5. The number of aliphatic hydroxyl groups is 1. The molecule has 1 heterocycles. The maximum atomic E-state index is 11.8. The molecule has 0 aliphatic rings. The highest BCUT2D eigenvalue weighted by Gasteiger charge is 2.10. The minimum Gasteiger partial charge on any atom is -0.392 e. The highest BCUT2D eigenvalue weighted by atomic mass is 16.3. The quantitative estimate of drug-likeness (QED) is 0.784. The summed E-state index contributed by atoms with van der Waals surface area (Å²) in [6, 6.07) is 9.80. The minimum atomic E-state index is -0.524. The molecule has 5 heteroatoms. The van der Waals surface area contributed by atoms with E-state index in [1.807, 2.05) is 30.3 Å². The molecule has 0 saturated heterocycles. The summed E-state index contributed by atoms with van der Waals surface area (Å²) < 4.78 is 0. The number of hydrogen-bond acceptors (Lipinski definition) is 2. The van der Waals surface area contributed by atoms with Crippen LogP contribution in [-0.4, -0.2) is 40.7 Å². The molecule has 1 atom stereocenters. The van der Waals surface area contributed by atoms with Crippen molar-refractivity contribution in [1.82, 2.24) is 15.2 Å². The molecule has 0 fully saturated rings. The van der Waals surface area contributed by atoms with E-state index in [4.69, 9.17) is 0 Å². The van der Waals surface area contributed by atoms with E-state index in [-0.39, 0.29) is 6.03 Å². The average Bonchev–Trinajstić information content (AvgIpc) is 2.77. The van der Waals surface area contributed by atoms with Crippen LogP contribution >= 0.6 is 0 Å². The topological polar surface area (TPSA) is 68.4 Å². The van der Waals surface area contributed by atoms with Crippen LogP contribution in [0.15, 0.2) is 30.3 Å². The van der Waals surface area contributed by atoms with Gasteiger partial charge in [-0.25, -0.2) is 4.79 Å². The number of aromatic amines is 1. The Morgan fingerprint density at radius 2 is 2.21 bits per heavy atom. The molecule has 1 unspecified atom stereocenters. The van der Waals surface area contributed by atoms with Crippen molar-refractivity contribution in [1.29, 1.82) is 0 Å². The van der Waals surface area contributed by atoms with Gasteiger partial charge in [-0.3, -0.25) is 0 Å². The number of nitrogens with zero attached hydrogens (tertiary/aromatic N) is 1. The second kappa shape index (κ2) is 5.75. The summed E-state index contributed by atoms with van der Waals surface area (Å²) in [6.07, 6.45) is -0.524. The lowest BCUT2D eigenvalue weighted by atomic mass is 10.2. The molecule has 0 spiro atoms. The van der Waals surface area contributed by atoms with E-state index >= 15 is 0 Å². The first kappa shape index (κ1) is 13.4. The zero-order chi connectivity index (χ0) is 13.8. The number of hydrogen-bond donors (Lipinski definition) is 3. The van der Waals surface area contributed by atoms with Crippen molar-refractivity contribution in [3.05, 3.63) is 36.0 Å². The standard InChI is InChI=1S/C14H19N3O2/c1-10(18)9-17(2)14(19)15-8-12-7-11-5-3-4-6-13(11)16-12/h3-7,10,16,18H,8-9H2,1-2H3,(H,15,19). The summed E-state index contributed by atoms with van der Waals surface area (Å²) in [5, 5.41) is 13.2. The third kappa shape index (κ3) is 3.48. The first-order valence-electron chi connectivity index (χ1n) is 6.30. The Bertz CT molecular complexity index is 530. The number of carbonyl (C=O) groups excluding carboxylic acids is 1. The highest BCUT2D eigenvalue weighted by Crippen LogP contribution is 2.14. The fourth-order valence-corrected chi connectivity index (χ4v) is 2.01. The fourth-order valence-electron chi connectivity index (χ4n) is 2.01. The molecule has 19 heavy (non-hydrogen) atoms. The molecule has 5 nitrogen and oxygen atoms in total. The highest BCUT2D eigenvalue weighted by molar-refractivity contribution is 5.80. The number of fused-ring (bicyclic) bond motifs is 1. The van der Waals surface area contributed by atoms with E-state index in [1.54, 1.807) is 14.0 Å². The zero-order valence-corrected chi connectivity index (χ0v) is 11.2. The molecular weight excluding hydrogens is 242 g/mol. The van der Waals surface area contributed by atoms with Gasteiger partial charge in [-0.05, 0) is 24.4 Å².